The summed E-state index contributed by atoms with van der Waals surface area (Å²) in [4.78, 5) is 34.0. The first-order valence-corrected chi connectivity index (χ1v) is 15.5. The average Bonchev–Trinajstić information content (AvgIpc) is 2.85. The average molecular weight is 538 g/mol. The Kier molecular flexibility index (Phi) is 23.7. The van der Waals surface area contributed by atoms with Crippen LogP contribution >= 0.6 is 7.82 Å². The van der Waals surface area contributed by atoms with Gasteiger partial charge in [-0.15, -0.1) is 0 Å². The van der Waals surface area contributed by atoms with Crippen molar-refractivity contribution in [2.75, 3.05) is 26.4 Å². The highest BCUT2D eigenvalue weighted by molar-refractivity contribution is 7.47. The molecule has 9 nitrogen and oxygen atoms in total. The second-order valence-electron chi connectivity index (χ2n) is 9.28. The molecule has 0 rings (SSSR count). The predicted molar refractivity (Wildman–Crippen MR) is 141 cm³/mol. The molecule has 0 aromatic rings. The van der Waals surface area contributed by atoms with Crippen molar-refractivity contribution in [3.05, 3.63) is 0 Å². The minimum Gasteiger partial charge on any atom is -0.462 e. The molecule has 1 unspecified atom stereocenters. The fourth-order valence-electron chi connectivity index (χ4n) is 3.63. The molecular formula is C26H52NO8P. The van der Waals surface area contributed by atoms with Gasteiger partial charge in [0.2, 0.25) is 0 Å². The summed E-state index contributed by atoms with van der Waals surface area (Å²) in [6, 6.07) is 0. The van der Waals surface area contributed by atoms with E-state index in [9.17, 15) is 19.0 Å². The van der Waals surface area contributed by atoms with Gasteiger partial charge in [-0.3, -0.25) is 18.6 Å². The number of rotatable bonds is 26. The zero-order chi connectivity index (χ0) is 26.9. The number of carbonyl (C=O) groups is 2. The molecule has 0 radical (unpaired) electrons. The molecule has 214 valence electrons. The van der Waals surface area contributed by atoms with Gasteiger partial charge in [0.15, 0.2) is 6.10 Å². The van der Waals surface area contributed by atoms with E-state index < -0.39 is 26.5 Å². The van der Waals surface area contributed by atoms with E-state index in [-0.39, 0.29) is 38.6 Å². The van der Waals surface area contributed by atoms with Crippen LogP contribution in [0.3, 0.4) is 0 Å². The monoisotopic (exact) mass is 537 g/mol. The molecule has 0 fully saturated rings. The number of phosphoric ester groups is 1. The lowest BCUT2D eigenvalue weighted by atomic mass is 10.1. The number of hydrogen-bond donors (Lipinski definition) is 2. The van der Waals surface area contributed by atoms with Crippen LogP contribution in [0.4, 0.5) is 0 Å². The third-order valence-corrected chi connectivity index (χ3v) is 6.73. The molecule has 0 saturated heterocycles. The molecule has 3 N–H and O–H groups in total. The van der Waals surface area contributed by atoms with E-state index in [0.717, 1.165) is 38.5 Å². The molecule has 10 heteroatoms. The van der Waals surface area contributed by atoms with Crippen molar-refractivity contribution >= 4 is 19.8 Å². The quantitative estimate of drug-likeness (QED) is 0.0750. The van der Waals surface area contributed by atoms with Crippen LogP contribution in [-0.4, -0.2) is 49.3 Å². The molecule has 0 aliphatic carbocycles. The topological polar surface area (TPSA) is 134 Å². The van der Waals surface area contributed by atoms with Gasteiger partial charge in [0, 0.05) is 19.4 Å². The van der Waals surface area contributed by atoms with Gasteiger partial charge in [-0.25, -0.2) is 4.57 Å². The molecular weight excluding hydrogens is 485 g/mol. The molecule has 36 heavy (non-hydrogen) atoms. The van der Waals surface area contributed by atoms with E-state index in [1.54, 1.807) is 0 Å². The summed E-state index contributed by atoms with van der Waals surface area (Å²) in [5.74, 6) is -0.849. The summed E-state index contributed by atoms with van der Waals surface area (Å²) in [6.45, 7) is 3.55. The molecule has 0 amide bonds. The Labute approximate surface area is 218 Å². The maximum Gasteiger partial charge on any atom is 0.472 e. The van der Waals surface area contributed by atoms with E-state index in [1.165, 1.54) is 51.4 Å². The summed E-state index contributed by atoms with van der Waals surface area (Å²) in [7, 11) is -4.34. The Morgan fingerprint density at radius 3 is 1.72 bits per heavy atom. The highest BCUT2D eigenvalue weighted by Gasteiger charge is 2.25. The molecule has 0 aliphatic rings. The largest absolute Gasteiger partial charge is 0.472 e. The summed E-state index contributed by atoms with van der Waals surface area (Å²) >= 11 is 0. The molecule has 0 bridgehead atoms. The first-order chi connectivity index (χ1) is 17.3. The summed E-state index contributed by atoms with van der Waals surface area (Å²) in [6.07, 6.45) is 16.3. The Bertz CT molecular complexity index is 590. The van der Waals surface area contributed by atoms with Gasteiger partial charge in [-0.2, -0.15) is 0 Å². The zero-order valence-corrected chi connectivity index (χ0v) is 23.7. The van der Waals surface area contributed by atoms with Crippen LogP contribution in [0.15, 0.2) is 0 Å². The first kappa shape index (κ1) is 35.0. The van der Waals surface area contributed by atoms with E-state index in [2.05, 4.69) is 18.4 Å². The van der Waals surface area contributed by atoms with E-state index >= 15 is 0 Å². The van der Waals surface area contributed by atoms with Crippen LogP contribution in [0.25, 0.3) is 0 Å². The standard InChI is InChI=1S/C26H52NO8P/c1-3-5-7-9-10-11-12-13-14-15-17-18-25(28)32-22-24(23-34-36(30,31)33-21-20-27)35-26(29)19-16-8-6-4-2/h24H,3-23,27H2,1-2H3,(H,30,31)/t24-/m1/s1. The maximum atomic E-state index is 12.1. The van der Waals surface area contributed by atoms with Crippen LogP contribution in [-0.2, 0) is 32.7 Å². The number of ether oxygens (including phenoxy) is 2. The maximum absolute atomic E-state index is 12.1. The summed E-state index contributed by atoms with van der Waals surface area (Å²) in [5.41, 5.74) is 5.27. The molecule has 0 aromatic carbocycles. The van der Waals surface area contributed by atoms with Gasteiger partial charge >= 0.3 is 19.8 Å². The van der Waals surface area contributed by atoms with Crippen LogP contribution in [0.5, 0.6) is 0 Å². The third kappa shape index (κ3) is 23.4. The van der Waals surface area contributed by atoms with Crippen molar-refractivity contribution < 1.29 is 37.6 Å². The van der Waals surface area contributed by atoms with Gasteiger partial charge in [-0.05, 0) is 12.8 Å². The Hall–Kier alpha value is -0.990. The zero-order valence-electron chi connectivity index (χ0n) is 22.8. The van der Waals surface area contributed by atoms with Crippen LogP contribution in [0.2, 0.25) is 0 Å². The lowest BCUT2D eigenvalue weighted by molar-refractivity contribution is -0.161. The van der Waals surface area contributed by atoms with Crippen molar-refractivity contribution in [3.8, 4) is 0 Å². The van der Waals surface area contributed by atoms with Crippen LogP contribution in [0.1, 0.15) is 123 Å². The van der Waals surface area contributed by atoms with Crippen LogP contribution < -0.4 is 5.73 Å². The second kappa shape index (κ2) is 24.4. The molecule has 0 aromatic heterocycles. The summed E-state index contributed by atoms with van der Waals surface area (Å²) in [5, 5.41) is 0. The number of phosphoric acid groups is 1. The van der Waals surface area contributed by atoms with Gasteiger partial charge in [0.25, 0.3) is 0 Å². The van der Waals surface area contributed by atoms with E-state index in [0.29, 0.717) is 6.42 Å². The SMILES string of the molecule is CCCCCCCCCCCCCC(=O)OC[C@H](COP(=O)(O)OCCN)OC(=O)CCCCCC. The highest BCUT2D eigenvalue weighted by Crippen LogP contribution is 2.43. The van der Waals surface area contributed by atoms with Gasteiger partial charge in [-0.1, -0.05) is 97.3 Å². The van der Waals surface area contributed by atoms with Crippen molar-refractivity contribution in [1.29, 1.82) is 0 Å². The summed E-state index contributed by atoms with van der Waals surface area (Å²) < 4.78 is 32.1. The van der Waals surface area contributed by atoms with E-state index in [4.69, 9.17) is 19.7 Å². The van der Waals surface area contributed by atoms with Crippen molar-refractivity contribution in [2.45, 2.75) is 129 Å². The first-order valence-electron chi connectivity index (χ1n) is 14.0. The minimum atomic E-state index is -4.34. The predicted octanol–water partition coefficient (Wildman–Crippen LogP) is 6.21. The Morgan fingerprint density at radius 1 is 0.722 bits per heavy atom. The number of esters is 2. The third-order valence-electron chi connectivity index (χ3n) is 5.74. The van der Waals surface area contributed by atoms with E-state index in [1.807, 2.05) is 0 Å². The lowest BCUT2D eigenvalue weighted by Gasteiger charge is -2.19. The number of carbonyl (C=O) groups excluding carboxylic acids is 2. The fraction of sp³-hybridized carbons (Fsp3) is 0.923. The molecule has 0 aliphatic heterocycles. The molecule has 0 spiro atoms. The smallest absolute Gasteiger partial charge is 0.462 e. The van der Waals surface area contributed by atoms with Crippen LogP contribution in [0, 0.1) is 0 Å². The van der Waals surface area contributed by atoms with Crippen molar-refractivity contribution in [2.24, 2.45) is 5.73 Å². The fourth-order valence-corrected chi connectivity index (χ4v) is 4.40. The van der Waals surface area contributed by atoms with Gasteiger partial charge < -0.3 is 20.1 Å². The number of hydrogen-bond acceptors (Lipinski definition) is 8. The molecule has 0 heterocycles. The van der Waals surface area contributed by atoms with Crippen molar-refractivity contribution in [1.82, 2.24) is 0 Å². The molecule has 0 saturated carbocycles. The molecule has 2 atom stereocenters. The van der Waals surface area contributed by atoms with Gasteiger partial charge in [0.1, 0.15) is 6.61 Å². The minimum absolute atomic E-state index is 0.0563. The second-order valence-corrected chi connectivity index (χ2v) is 10.7. The highest BCUT2D eigenvalue weighted by atomic mass is 31.2. The number of unbranched alkanes of at least 4 members (excludes halogenated alkanes) is 13. The number of nitrogens with two attached hydrogens (primary N) is 1. The lowest BCUT2D eigenvalue weighted by Crippen LogP contribution is -2.29. The Morgan fingerprint density at radius 2 is 1.19 bits per heavy atom. The van der Waals surface area contributed by atoms with Crippen molar-refractivity contribution in [3.63, 3.8) is 0 Å². The van der Waals surface area contributed by atoms with Gasteiger partial charge in [0.05, 0.1) is 13.2 Å². The normalized spacial score (nSPS) is 13.8. The Balaban J connectivity index is 4.24.